The van der Waals surface area contributed by atoms with Gasteiger partial charge >= 0.3 is 5.97 Å². The van der Waals surface area contributed by atoms with Crippen LogP contribution in [0.3, 0.4) is 0 Å². The molecule has 0 saturated carbocycles. The summed E-state index contributed by atoms with van der Waals surface area (Å²) in [7, 11) is 0. The van der Waals surface area contributed by atoms with Gasteiger partial charge in [-0.15, -0.1) is 0 Å². The van der Waals surface area contributed by atoms with Gasteiger partial charge in [0.1, 0.15) is 18.4 Å². The number of ether oxygens (including phenoxy) is 1. The standard InChI is InChI=1S/C19H18ClNO3/c20-16-6-3-4-13(9-16)10-17(19(22)23)21-11-14-8-15-5-1-2-7-18(15)24-12-14/h1-9,17,21H,10-12H2,(H,22,23). The Balaban J connectivity index is 1.65. The lowest BCUT2D eigenvalue weighted by molar-refractivity contribution is -0.139. The number of para-hydroxylation sites is 1. The average Bonchev–Trinajstić information content (AvgIpc) is 2.58. The largest absolute Gasteiger partial charge is 0.489 e. The van der Waals surface area contributed by atoms with Crippen molar-refractivity contribution in [2.75, 3.05) is 13.2 Å². The lowest BCUT2D eigenvalue weighted by atomic mass is 10.0. The van der Waals surface area contributed by atoms with E-state index in [2.05, 4.69) is 5.32 Å². The fourth-order valence-electron chi connectivity index (χ4n) is 2.67. The average molecular weight is 344 g/mol. The number of hydrogen-bond acceptors (Lipinski definition) is 3. The van der Waals surface area contributed by atoms with Crippen LogP contribution in [-0.2, 0) is 11.2 Å². The first-order valence-corrected chi connectivity index (χ1v) is 8.11. The molecule has 2 N–H and O–H groups in total. The van der Waals surface area contributed by atoms with Crippen LogP contribution in [0.5, 0.6) is 5.75 Å². The minimum Gasteiger partial charge on any atom is -0.489 e. The van der Waals surface area contributed by atoms with E-state index in [-0.39, 0.29) is 0 Å². The van der Waals surface area contributed by atoms with Crippen molar-refractivity contribution in [2.24, 2.45) is 0 Å². The first-order valence-electron chi connectivity index (χ1n) is 7.74. The fourth-order valence-corrected chi connectivity index (χ4v) is 2.88. The van der Waals surface area contributed by atoms with Gasteiger partial charge in [0, 0.05) is 17.1 Å². The molecule has 1 aliphatic heterocycles. The van der Waals surface area contributed by atoms with Crippen LogP contribution in [0.15, 0.2) is 54.1 Å². The molecule has 4 nitrogen and oxygen atoms in total. The summed E-state index contributed by atoms with van der Waals surface area (Å²) in [4.78, 5) is 11.5. The minimum atomic E-state index is -0.882. The van der Waals surface area contributed by atoms with Gasteiger partial charge < -0.3 is 15.2 Å². The summed E-state index contributed by atoms with van der Waals surface area (Å²) in [5.74, 6) is -0.0253. The van der Waals surface area contributed by atoms with Gasteiger partial charge in [0.15, 0.2) is 0 Å². The number of aliphatic carboxylic acids is 1. The molecule has 2 aromatic rings. The summed E-state index contributed by atoms with van der Waals surface area (Å²) in [6, 6.07) is 14.4. The number of nitrogens with one attached hydrogen (secondary N) is 1. The molecule has 1 atom stereocenters. The van der Waals surface area contributed by atoms with Gasteiger partial charge in [-0.1, -0.05) is 41.9 Å². The molecule has 0 aromatic heterocycles. The molecule has 1 heterocycles. The van der Waals surface area contributed by atoms with Crippen LogP contribution in [0.2, 0.25) is 5.02 Å². The van der Waals surface area contributed by atoms with Crippen LogP contribution in [-0.4, -0.2) is 30.3 Å². The molecule has 0 amide bonds. The lowest BCUT2D eigenvalue weighted by Crippen LogP contribution is -2.40. The number of carboxylic acids is 1. The summed E-state index contributed by atoms with van der Waals surface area (Å²) in [6.07, 6.45) is 2.42. The molecule has 0 spiro atoms. The van der Waals surface area contributed by atoms with Crippen molar-refractivity contribution >= 4 is 23.6 Å². The highest BCUT2D eigenvalue weighted by Crippen LogP contribution is 2.25. The Morgan fingerprint density at radius 3 is 2.88 bits per heavy atom. The molecule has 3 rings (SSSR count). The zero-order chi connectivity index (χ0) is 16.9. The van der Waals surface area contributed by atoms with Crippen LogP contribution in [0.4, 0.5) is 0 Å². The third-order valence-electron chi connectivity index (χ3n) is 3.89. The molecule has 5 heteroatoms. The third kappa shape index (κ3) is 4.16. The van der Waals surface area contributed by atoms with Crippen LogP contribution in [0, 0.1) is 0 Å². The Hall–Kier alpha value is -2.30. The maximum absolute atomic E-state index is 11.5. The van der Waals surface area contributed by atoms with Crippen molar-refractivity contribution in [3.05, 3.63) is 70.3 Å². The van der Waals surface area contributed by atoms with Crippen molar-refractivity contribution in [3.8, 4) is 5.75 Å². The Bertz CT molecular complexity index is 773. The van der Waals surface area contributed by atoms with Gasteiger partial charge in [0.2, 0.25) is 0 Å². The molecule has 2 aromatic carbocycles. The second-order valence-electron chi connectivity index (χ2n) is 5.73. The molecule has 0 bridgehead atoms. The number of benzene rings is 2. The van der Waals surface area contributed by atoms with Crippen LogP contribution < -0.4 is 10.1 Å². The predicted octanol–water partition coefficient (Wildman–Crippen LogP) is 3.40. The molecule has 1 unspecified atom stereocenters. The number of halogens is 1. The predicted molar refractivity (Wildman–Crippen MR) is 94.5 cm³/mol. The van der Waals surface area contributed by atoms with Gasteiger partial charge in [-0.3, -0.25) is 4.79 Å². The fraction of sp³-hybridized carbons (Fsp3) is 0.211. The van der Waals surface area contributed by atoms with Crippen LogP contribution in [0.25, 0.3) is 6.08 Å². The number of fused-ring (bicyclic) bond motifs is 1. The SMILES string of the molecule is O=C(O)C(Cc1cccc(Cl)c1)NCC1=Cc2ccccc2OC1. The van der Waals surface area contributed by atoms with Crippen LogP contribution in [0.1, 0.15) is 11.1 Å². The highest BCUT2D eigenvalue weighted by atomic mass is 35.5. The molecular formula is C19H18ClNO3. The Kier molecular flexibility index (Phi) is 5.18. The summed E-state index contributed by atoms with van der Waals surface area (Å²) in [6.45, 7) is 0.930. The molecule has 0 radical (unpaired) electrons. The normalized spacial score (nSPS) is 14.3. The van der Waals surface area contributed by atoms with E-state index in [1.54, 1.807) is 12.1 Å². The number of rotatable bonds is 6. The molecule has 0 saturated heterocycles. The monoisotopic (exact) mass is 343 g/mol. The first kappa shape index (κ1) is 16.6. The van der Waals surface area contributed by atoms with E-state index in [9.17, 15) is 9.90 Å². The van der Waals surface area contributed by atoms with Gasteiger partial charge in [-0.25, -0.2) is 0 Å². The first-order chi connectivity index (χ1) is 11.6. The zero-order valence-corrected chi connectivity index (χ0v) is 13.8. The van der Waals surface area contributed by atoms with E-state index in [0.717, 1.165) is 22.4 Å². The van der Waals surface area contributed by atoms with E-state index < -0.39 is 12.0 Å². The van der Waals surface area contributed by atoms with E-state index in [1.807, 2.05) is 42.5 Å². The smallest absolute Gasteiger partial charge is 0.321 e. The minimum absolute atomic E-state index is 0.376. The Labute approximate surface area is 145 Å². The van der Waals surface area contributed by atoms with Gasteiger partial charge in [-0.05, 0) is 41.8 Å². The second-order valence-corrected chi connectivity index (χ2v) is 6.17. The maximum Gasteiger partial charge on any atom is 0.321 e. The van der Waals surface area contributed by atoms with E-state index in [0.29, 0.717) is 24.6 Å². The highest BCUT2D eigenvalue weighted by molar-refractivity contribution is 6.30. The molecular weight excluding hydrogens is 326 g/mol. The second kappa shape index (κ2) is 7.51. The van der Waals surface area contributed by atoms with Gasteiger partial charge in [0.05, 0.1) is 0 Å². The number of hydrogen-bond donors (Lipinski definition) is 2. The van der Waals surface area contributed by atoms with E-state index in [1.165, 1.54) is 0 Å². The summed E-state index contributed by atoms with van der Waals surface area (Å²) in [5.41, 5.74) is 2.93. The summed E-state index contributed by atoms with van der Waals surface area (Å²) < 4.78 is 5.69. The van der Waals surface area contributed by atoms with Crippen LogP contribution >= 0.6 is 11.6 Å². The van der Waals surface area contributed by atoms with Gasteiger partial charge in [0.25, 0.3) is 0 Å². The van der Waals surface area contributed by atoms with Crippen molar-refractivity contribution < 1.29 is 14.6 Å². The van der Waals surface area contributed by atoms with E-state index >= 15 is 0 Å². The summed E-state index contributed by atoms with van der Waals surface area (Å²) >= 11 is 5.96. The molecule has 124 valence electrons. The van der Waals surface area contributed by atoms with E-state index in [4.69, 9.17) is 16.3 Å². The third-order valence-corrected chi connectivity index (χ3v) is 4.13. The molecule has 0 fully saturated rings. The maximum atomic E-state index is 11.5. The van der Waals surface area contributed by atoms with Crippen molar-refractivity contribution in [2.45, 2.75) is 12.5 Å². The van der Waals surface area contributed by atoms with Gasteiger partial charge in [-0.2, -0.15) is 0 Å². The highest BCUT2D eigenvalue weighted by Gasteiger charge is 2.19. The topological polar surface area (TPSA) is 58.6 Å². The van der Waals surface area contributed by atoms with Crippen molar-refractivity contribution in [1.82, 2.24) is 5.32 Å². The molecule has 24 heavy (non-hydrogen) atoms. The number of carbonyl (C=O) groups is 1. The molecule has 1 aliphatic rings. The van der Waals surface area contributed by atoms with Crippen molar-refractivity contribution in [1.29, 1.82) is 0 Å². The summed E-state index contributed by atoms with van der Waals surface area (Å²) in [5, 5.41) is 13.1. The quantitative estimate of drug-likeness (QED) is 0.844. The van der Waals surface area contributed by atoms with Crippen molar-refractivity contribution in [3.63, 3.8) is 0 Å². The zero-order valence-electron chi connectivity index (χ0n) is 13.0. The Morgan fingerprint density at radius 1 is 1.25 bits per heavy atom. The molecule has 0 aliphatic carbocycles. The number of carboxylic acid groups (broad SMARTS) is 1. The lowest BCUT2D eigenvalue weighted by Gasteiger charge is -2.20. The Morgan fingerprint density at radius 2 is 2.08 bits per heavy atom.